The third-order valence-electron chi connectivity index (χ3n) is 3.66. The molecule has 0 atom stereocenters. The van der Waals surface area contributed by atoms with Crippen LogP contribution in [0.5, 0.6) is 0 Å². The van der Waals surface area contributed by atoms with Gasteiger partial charge in [-0.05, 0) is 31.0 Å². The molecular weight excluding hydrogens is 268 g/mol. The molecule has 2 N–H and O–H groups in total. The number of aromatic nitrogens is 2. The lowest BCUT2D eigenvalue weighted by Crippen LogP contribution is -2.34. The van der Waals surface area contributed by atoms with E-state index in [1.54, 1.807) is 0 Å². The second kappa shape index (κ2) is 6.49. The first kappa shape index (κ1) is 13.8. The zero-order valence-electron chi connectivity index (χ0n) is 11.7. The van der Waals surface area contributed by atoms with E-state index in [0.29, 0.717) is 18.5 Å². The molecular formula is C15H18N4O2. The van der Waals surface area contributed by atoms with Crippen molar-refractivity contribution in [2.45, 2.75) is 31.7 Å². The Hall–Kier alpha value is -2.21. The van der Waals surface area contributed by atoms with Crippen LogP contribution in [-0.4, -0.2) is 28.7 Å². The van der Waals surface area contributed by atoms with Gasteiger partial charge in [-0.15, -0.1) is 10.2 Å². The van der Waals surface area contributed by atoms with Gasteiger partial charge >= 0.3 is 0 Å². The molecule has 1 fully saturated rings. The topological polar surface area (TPSA) is 80.0 Å². The van der Waals surface area contributed by atoms with Gasteiger partial charge in [-0.3, -0.25) is 4.79 Å². The number of anilines is 1. The first-order valence-corrected chi connectivity index (χ1v) is 7.21. The highest BCUT2D eigenvalue weighted by Gasteiger charge is 2.15. The summed E-state index contributed by atoms with van der Waals surface area (Å²) in [4.78, 5) is 11.9. The summed E-state index contributed by atoms with van der Waals surface area (Å²) in [5, 5.41) is 13.7. The summed E-state index contributed by atoms with van der Waals surface area (Å²) in [6.45, 7) is 0.343. The van der Waals surface area contributed by atoms with E-state index in [0.717, 1.165) is 11.3 Å². The molecule has 1 amide bonds. The molecule has 1 aromatic heterocycles. The Morgan fingerprint density at radius 1 is 1.33 bits per heavy atom. The molecule has 1 aliphatic carbocycles. The predicted molar refractivity (Wildman–Crippen MR) is 78.6 cm³/mol. The number of hydrogen-bond acceptors (Lipinski definition) is 5. The van der Waals surface area contributed by atoms with Crippen LogP contribution in [0.15, 0.2) is 35.1 Å². The standard InChI is InChI=1S/C15H18N4O2/c20-14(9-16-12-5-1-2-6-12)18-13-7-3-4-11(8-13)15-19-17-10-21-15/h3-4,7-8,10,12,16H,1-2,5-6,9H2,(H,18,20). The zero-order valence-corrected chi connectivity index (χ0v) is 11.7. The number of rotatable bonds is 5. The average molecular weight is 286 g/mol. The SMILES string of the molecule is O=C(CNC1CCCC1)Nc1cccc(-c2nnco2)c1. The van der Waals surface area contributed by atoms with Crippen LogP contribution in [0, 0.1) is 0 Å². The van der Waals surface area contributed by atoms with Gasteiger partial charge in [-0.25, -0.2) is 0 Å². The van der Waals surface area contributed by atoms with E-state index in [1.807, 2.05) is 24.3 Å². The van der Waals surface area contributed by atoms with Crippen LogP contribution in [0.1, 0.15) is 25.7 Å². The Kier molecular flexibility index (Phi) is 4.25. The van der Waals surface area contributed by atoms with Crippen molar-refractivity contribution in [3.63, 3.8) is 0 Å². The Morgan fingerprint density at radius 2 is 2.19 bits per heavy atom. The van der Waals surface area contributed by atoms with Crippen LogP contribution in [-0.2, 0) is 4.79 Å². The van der Waals surface area contributed by atoms with Crippen LogP contribution in [0.3, 0.4) is 0 Å². The molecule has 1 saturated carbocycles. The van der Waals surface area contributed by atoms with Gasteiger partial charge in [-0.1, -0.05) is 18.9 Å². The number of amides is 1. The summed E-state index contributed by atoms with van der Waals surface area (Å²) in [6.07, 6.45) is 6.13. The van der Waals surface area contributed by atoms with Crippen LogP contribution in [0.25, 0.3) is 11.5 Å². The van der Waals surface area contributed by atoms with Crippen LogP contribution in [0.4, 0.5) is 5.69 Å². The Bertz CT molecular complexity index is 591. The van der Waals surface area contributed by atoms with Crippen molar-refractivity contribution in [3.8, 4) is 11.5 Å². The van der Waals surface area contributed by atoms with Crippen LogP contribution in [0.2, 0.25) is 0 Å². The molecule has 3 rings (SSSR count). The summed E-state index contributed by atoms with van der Waals surface area (Å²) < 4.78 is 5.15. The minimum atomic E-state index is -0.0374. The van der Waals surface area contributed by atoms with Gasteiger partial charge in [0.05, 0.1) is 6.54 Å². The number of benzene rings is 1. The molecule has 1 aromatic carbocycles. The maximum absolute atomic E-state index is 11.9. The monoisotopic (exact) mass is 286 g/mol. The quantitative estimate of drug-likeness (QED) is 0.881. The summed E-state index contributed by atoms with van der Waals surface area (Å²) >= 11 is 0. The van der Waals surface area contributed by atoms with Crippen molar-refractivity contribution in [1.82, 2.24) is 15.5 Å². The first-order valence-electron chi connectivity index (χ1n) is 7.21. The summed E-state index contributed by atoms with van der Waals surface area (Å²) in [6, 6.07) is 7.86. The molecule has 0 unspecified atom stereocenters. The molecule has 0 aliphatic heterocycles. The summed E-state index contributed by atoms with van der Waals surface area (Å²) in [5.74, 6) is 0.403. The molecule has 6 heteroatoms. The highest BCUT2D eigenvalue weighted by Crippen LogP contribution is 2.20. The minimum absolute atomic E-state index is 0.0374. The highest BCUT2D eigenvalue weighted by atomic mass is 16.4. The Labute approximate surface area is 123 Å². The van der Waals surface area contributed by atoms with E-state index in [4.69, 9.17) is 4.42 Å². The van der Waals surface area contributed by atoms with Crippen LogP contribution < -0.4 is 10.6 Å². The van der Waals surface area contributed by atoms with E-state index in [9.17, 15) is 4.79 Å². The van der Waals surface area contributed by atoms with Crippen molar-refractivity contribution in [2.75, 3.05) is 11.9 Å². The fourth-order valence-corrected chi connectivity index (χ4v) is 2.60. The largest absolute Gasteiger partial charge is 0.423 e. The van der Waals surface area contributed by atoms with E-state index in [2.05, 4.69) is 20.8 Å². The molecule has 2 aromatic rings. The Morgan fingerprint density at radius 3 is 2.95 bits per heavy atom. The van der Waals surface area contributed by atoms with Crippen LogP contribution >= 0.6 is 0 Å². The average Bonchev–Trinajstić information content (AvgIpc) is 3.19. The van der Waals surface area contributed by atoms with Crippen molar-refractivity contribution in [3.05, 3.63) is 30.7 Å². The van der Waals surface area contributed by atoms with Gasteiger partial charge in [0, 0.05) is 17.3 Å². The van der Waals surface area contributed by atoms with Crippen molar-refractivity contribution < 1.29 is 9.21 Å². The fraction of sp³-hybridized carbons (Fsp3) is 0.400. The normalized spacial score (nSPS) is 15.2. The van der Waals surface area contributed by atoms with Gasteiger partial charge in [0.1, 0.15) is 0 Å². The molecule has 0 spiro atoms. The van der Waals surface area contributed by atoms with Crippen molar-refractivity contribution in [2.24, 2.45) is 0 Å². The third kappa shape index (κ3) is 3.66. The third-order valence-corrected chi connectivity index (χ3v) is 3.66. The van der Waals surface area contributed by atoms with Gasteiger partial charge < -0.3 is 15.1 Å². The smallest absolute Gasteiger partial charge is 0.247 e. The van der Waals surface area contributed by atoms with Gasteiger partial charge in [0.25, 0.3) is 0 Å². The molecule has 0 saturated heterocycles. The van der Waals surface area contributed by atoms with Crippen molar-refractivity contribution in [1.29, 1.82) is 0 Å². The molecule has 21 heavy (non-hydrogen) atoms. The summed E-state index contributed by atoms with van der Waals surface area (Å²) in [5.41, 5.74) is 1.51. The predicted octanol–water partition coefficient (Wildman–Crippen LogP) is 2.21. The fourth-order valence-electron chi connectivity index (χ4n) is 2.60. The first-order chi connectivity index (χ1) is 10.3. The van der Waals surface area contributed by atoms with E-state index in [1.165, 1.54) is 32.1 Å². The molecule has 1 heterocycles. The molecule has 110 valence electrons. The van der Waals surface area contributed by atoms with E-state index >= 15 is 0 Å². The Balaban J connectivity index is 1.56. The number of nitrogens with one attached hydrogen (secondary N) is 2. The maximum Gasteiger partial charge on any atom is 0.247 e. The second-order valence-electron chi connectivity index (χ2n) is 5.24. The van der Waals surface area contributed by atoms with E-state index in [-0.39, 0.29) is 5.91 Å². The minimum Gasteiger partial charge on any atom is -0.423 e. The zero-order chi connectivity index (χ0) is 14.5. The number of hydrogen-bond donors (Lipinski definition) is 2. The number of nitrogens with zero attached hydrogens (tertiary/aromatic N) is 2. The lowest BCUT2D eigenvalue weighted by atomic mass is 10.2. The highest BCUT2D eigenvalue weighted by molar-refractivity contribution is 5.92. The van der Waals surface area contributed by atoms with Gasteiger partial charge in [-0.2, -0.15) is 0 Å². The van der Waals surface area contributed by atoms with Gasteiger partial charge in [0.15, 0.2) is 0 Å². The molecule has 0 bridgehead atoms. The maximum atomic E-state index is 11.9. The molecule has 0 radical (unpaired) electrons. The summed E-state index contributed by atoms with van der Waals surface area (Å²) in [7, 11) is 0. The van der Waals surface area contributed by atoms with E-state index < -0.39 is 0 Å². The molecule has 1 aliphatic rings. The second-order valence-corrected chi connectivity index (χ2v) is 5.24. The van der Waals surface area contributed by atoms with Gasteiger partial charge in [0.2, 0.25) is 18.2 Å². The number of carbonyl (C=O) groups is 1. The van der Waals surface area contributed by atoms with Crippen molar-refractivity contribution >= 4 is 11.6 Å². The lowest BCUT2D eigenvalue weighted by molar-refractivity contribution is -0.115. The lowest BCUT2D eigenvalue weighted by Gasteiger charge is -2.12. The number of carbonyl (C=O) groups excluding carboxylic acids is 1. The molecule has 6 nitrogen and oxygen atoms in total.